The van der Waals surface area contributed by atoms with Gasteiger partial charge in [0, 0.05) is 36.9 Å². The van der Waals surface area contributed by atoms with Crippen molar-refractivity contribution in [2.75, 3.05) is 13.2 Å². The number of nitrogens with two attached hydrogens (primary N) is 1. The number of benzene rings is 1. The van der Waals surface area contributed by atoms with Crippen LogP contribution in [-0.4, -0.2) is 27.9 Å². The Morgan fingerprint density at radius 2 is 2.10 bits per heavy atom. The summed E-state index contributed by atoms with van der Waals surface area (Å²) in [6.45, 7) is 1.13. The number of pyridine rings is 1. The third-order valence-corrected chi connectivity index (χ3v) is 4.80. The summed E-state index contributed by atoms with van der Waals surface area (Å²) in [5, 5.41) is 13.9. The van der Waals surface area contributed by atoms with Crippen molar-refractivity contribution in [3.8, 4) is 34.7 Å². The predicted molar refractivity (Wildman–Crippen MR) is 109 cm³/mol. The van der Waals surface area contributed by atoms with Crippen molar-refractivity contribution >= 4 is 0 Å². The van der Waals surface area contributed by atoms with Crippen molar-refractivity contribution in [1.29, 1.82) is 5.26 Å². The first-order valence-electron chi connectivity index (χ1n) is 9.73. The van der Waals surface area contributed by atoms with E-state index in [2.05, 4.69) is 16.2 Å². The highest BCUT2D eigenvalue weighted by Gasteiger charge is 2.27. The zero-order valence-corrected chi connectivity index (χ0v) is 16.3. The Hall–Kier alpha value is -3.37. The van der Waals surface area contributed by atoms with Gasteiger partial charge in [-0.15, -0.1) is 0 Å². The van der Waals surface area contributed by atoms with E-state index in [0.717, 1.165) is 23.4 Å². The van der Waals surface area contributed by atoms with Gasteiger partial charge in [-0.2, -0.15) is 10.4 Å². The van der Waals surface area contributed by atoms with E-state index < -0.39 is 0 Å². The van der Waals surface area contributed by atoms with Crippen molar-refractivity contribution in [3.05, 3.63) is 53.9 Å². The average molecular weight is 389 g/mol. The molecule has 7 heteroatoms. The molecule has 2 aromatic heterocycles. The summed E-state index contributed by atoms with van der Waals surface area (Å²) < 4.78 is 13.7. The molecule has 1 aliphatic rings. The lowest BCUT2D eigenvalue weighted by atomic mass is 10.1. The van der Waals surface area contributed by atoms with Crippen LogP contribution in [0.5, 0.6) is 17.4 Å². The number of rotatable bonds is 8. The molecule has 0 radical (unpaired) electrons. The lowest BCUT2D eigenvalue weighted by Gasteiger charge is -2.12. The zero-order chi connectivity index (χ0) is 20.2. The molecule has 0 amide bonds. The molecule has 0 saturated heterocycles. The molecule has 1 fully saturated rings. The van der Waals surface area contributed by atoms with E-state index in [-0.39, 0.29) is 0 Å². The highest BCUT2D eigenvalue weighted by atomic mass is 16.5. The lowest BCUT2D eigenvalue weighted by Crippen LogP contribution is -2.06. The van der Waals surface area contributed by atoms with Crippen LogP contribution in [0.4, 0.5) is 0 Å². The maximum atomic E-state index is 9.32. The van der Waals surface area contributed by atoms with Crippen molar-refractivity contribution < 1.29 is 9.47 Å². The van der Waals surface area contributed by atoms with Crippen molar-refractivity contribution in [2.24, 2.45) is 12.8 Å². The summed E-state index contributed by atoms with van der Waals surface area (Å²) in [5.41, 5.74) is 8.58. The van der Waals surface area contributed by atoms with Crippen LogP contribution in [0.15, 0.2) is 42.6 Å². The Balaban J connectivity index is 1.66. The van der Waals surface area contributed by atoms with Gasteiger partial charge in [0.25, 0.3) is 0 Å². The molecule has 29 heavy (non-hydrogen) atoms. The van der Waals surface area contributed by atoms with E-state index in [0.29, 0.717) is 42.0 Å². The quantitative estimate of drug-likeness (QED) is 0.589. The van der Waals surface area contributed by atoms with Gasteiger partial charge in [0.1, 0.15) is 11.5 Å². The second-order valence-corrected chi connectivity index (χ2v) is 7.10. The Kier molecular flexibility index (Phi) is 5.45. The largest absolute Gasteiger partial charge is 0.493 e. The molecule has 7 nitrogen and oxygen atoms in total. The molecule has 148 valence electrons. The summed E-state index contributed by atoms with van der Waals surface area (Å²) in [6, 6.07) is 13.1. The molecule has 4 rings (SSSR count). The van der Waals surface area contributed by atoms with Gasteiger partial charge < -0.3 is 15.2 Å². The average Bonchev–Trinajstić information content (AvgIpc) is 3.52. The minimum Gasteiger partial charge on any atom is -0.493 e. The van der Waals surface area contributed by atoms with Gasteiger partial charge >= 0.3 is 0 Å². The van der Waals surface area contributed by atoms with Crippen LogP contribution in [0.1, 0.15) is 36.4 Å². The number of hydrogen-bond acceptors (Lipinski definition) is 6. The molecular weight excluding hydrogens is 366 g/mol. The van der Waals surface area contributed by atoms with Crippen LogP contribution in [0.25, 0.3) is 11.3 Å². The summed E-state index contributed by atoms with van der Waals surface area (Å²) >= 11 is 0. The molecule has 2 heterocycles. The third kappa shape index (κ3) is 4.39. The first-order valence-corrected chi connectivity index (χ1v) is 9.73. The summed E-state index contributed by atoms with van der Waals surface area (Å²) in [5.74, 6) is 2.45. The maximum Gasteiger partial charge on any atom is 0.217 e. The topological polar surface area (TPSA) is 99.0 Å². The molecule has 0 spiro atoms. The van der Waals surface area contributed by atoms with E-state index >= 15 is 0 Å². The van der Waals surface area contributed by atoms with Gasteiger partial charge in [-0.25, -0.2) is 4.68 Å². The fourth-order valence-electron chi connectivity index (χ4n) is 3.07. The van der Waals surface area contributed by atoms with E-state index in [1.54, 1.807) is 23.0 Å². The zero-order valence-electron chi connectivity index (χ0n) is 16.3. The molecular formula is C22H23N5O2. The van der Waals surface area contributed by atoms with Crippen LogP contribution in [0.2, 0.25) is 0 Å². The second-order valence-electron chi connectivity index (χ2n) is 7.10. The minimum absolute atomic E-state index is 0.517. The SMILES string of the molecule is Cn1nc(C2CC2)cc1Oc1cc(C#N)ccc1-c1cc(OCCCN)ccn1. The third-order valence-electron chi connectivity index (χ3n) is 4.80. The maximum absolute atomic E-state index is 9.32. The van der Waals surface area contributed by atoms with E-state index in [1.165, 1.54) is 12.8 Å². The van der Waals surface area contributed by atoms with Crippen molar-refractivity contribution in [3.63, 3.8) is 0 Å². The lowest BCUT2D eigenvalue weighted by molar-refractivity contribution is 0.313. The number of aromatic nitrogens is 3. The fraction of sp³-hybridized carbons (Fsp3) is 0.318. The van der Waals surface area contributed by atoms with E-state index in [4.69, 9.17) is 15.2 Å². The molecule has 1 aromatic carbocycles. The van der Waals surface area contributed by atoms with Gasteiger partial charge in [0.2, 0.25) is 5.88 Å². The van der Waals surface area contributed by atoms with Crippen LogP contribution in [0.3, 0.4) is 0 Å². The number of ether oxygens (including phenoxy) is 2. The molecule has 1 aliphatic carbocycles. The number of nitriles is 1. The van der Waals surface area contributed by atoms with Gasteiger partial charge in [-0.05, 0) is 50.1 Å². The van der Waals surface area contributed by atoms with E-state index in [9.17, 15) is 5.26 Å². The van der Waals surface area contributed by atoms with Crippen molar-refractivity contribution in [2.45, 2.75) is 25.2 Å². The number of aryl methyl sites for hydroxylation is 1. The Bertz CT molecular complexity index is 1050. The predicted octanol–water partition coefficient (Wildman–Crippen LogP) is 3.75. The van der Waals surface area contributed by atoms with Gasteiger partial charge in [-0.1, -0.05) is 0 Å². The van der Waals surface area contributed by atoms with Crippen molar-refractivity contribution in [1.82, 2.24) is 14.8 Å². The molecule has 0 bridgehead atoms. The monoisotopic (exact) mass is 389 g/mol. The normalized spacial score (nSPS) is 13.1. The number of nitrogens with zero attached hydrogens (tertiary/aromatic N) is 4. The molecule has 2 N–H and O–H groups in total. The fourth-order valence-corrected chi connectivity index (χ4v) is 3.07. The summed E-state index contributed by atoms with van der Waals surface area (Å²) in [4.78, 5) is 4.47. The van der Waals surface area contributed by atoms with E-state index in [1.807, 2.05) is 31.3 Å². The summed E-state index contributed by atoms with van der Waals surface area (Å²) in [6.07, 6.45) is 4.83. The van der Waals surface area contributed by atoms with Gasteiger partial charge in [-0.3, -0.25) is 4.98 Å². The van der Waals surface area contributed by atoms with Crippen LogP contribution >= 0.6 is 0 Å². The smallest absolute Gasteiger partial charge is 0.217 e. The summed E-state index contributed by atoms with van der Waals surface area (Å²) in [7, 11) is 1.86. The highest BCUT2D eigenvalue weighted by molar-refractivity contribution is 5.70. The minimum atomic E-state index is 0.517. The highest BCUT2D eigenvalue weighted by Crippen LogP contribution is 2.41. The van der Waals surface area contributed by atoms with Crippen LogP contribution in [-0.2, 0) is 7.05 Å². The first-order chi connectivity index (χ1) is 14.2. The molecule has 0 aliphatic heterocycles. The molecule has 0 unspecified atom stereocenters. The standard InChI is InChI=1S/C22H23N5O2/c1-27-22(13-19(26-27)16-4-5-16)29-21-11-15(14-24)3-6-18(21)20-12-17(7-9-25-20)28-10-2-8-23/h3,6-7,9,11-13,16H,2,4-5,8,10,23H2,1H3. The number of hydrogen-bond donors (Lipinski definition) is 1. The Morgan fingerprint density at radius 3 is 2.86 bits per heavy atom. The van der Waals surface area contributed by atoms with Gasteiger partial charge in [0.05, 0.1) is 29.6 Å². The first kappa shape index (κ1) is 19.0. The molecule has 1 saturated carbocycles. The van der Waals surface area contributed by atoms with Crippen LogP contribution < -0.4 is 15.2 Å². The van der Waals surface area contributed by atoms with Gasteiger partial charge in [0.15, 0.2) is 0 Å². The second kappa shape index (κ2) is 8.33. The van der Waals surface area contributed by atoms with Crippen LogP contribution in [0, 0.1) is 11.3 Å². The molecule has 0 atom stereocenters. The Labute approximate surface area is 169 Å². The molecule has 3 aromatic rings. The Morgan fingerprint density at radius 1 is 1.24 bits per heavy atom.